The Balaban J connectivity index is 1.35. The molecule has 9 heteroatoms. The van der Waals surface area contributed by atoms with Gasteiger partial charge in [-0.15, -0.1) is 0 Å². The summed E-state index contributed by atoms with van der Waals surface area (Å²) in [6.45, 7) is 3.86. The van der Waals surface area contributed by atoms with Crippen molar-refractivity contribution >= 4 is 23.5 Å². The SMILES string of the molecule is O=C(CNC(=O)c1ccccc1)NCCNc1cc(N2CCOCC2)ncn1. The van der Waals surface area contributed by atoms with Crippen LogP contribution in [0.3, 0.4) is 0 Å². The lowest BCUT2D eigenvalue weighted by molar-refractivity contribution is -0.120. The monoisotopic (exact) mass is 384 g/mol. The molecule has 1 aliphatic heterocycles. The molecule has 0 atom stereocenters. The van der Waals surface area contributed by atoms with E-state index in [0.717, 1.165) is 18.9 Å². The summed E-state index contributed by atoms with van der Waals surface area (Å²) in [5.41, 5.74) is 0.525. The molecule has 0 unspecified atom stereocenters. The van der Waals surface area contributed by atoms with Crippen LogP contribution in [0.25, 0.3) is 0 Å². The predicted octanol–water partition coefficient (Wildman–Crippen LogP) is 0.271. The van der Waals surface area contributed by atoms with E-state index < -0.39 is 0 Å². The Labute approximate surface area is 163 Å². The third kappa shape index (κ3) is 5.92. The van der Waals surface area contributed by atoms with Gasteiger partial charge >= 0.3 is 0 Å². The van der Waals surface area contributed by atoms with Crippen LogP contribution in [0.4, 0.5) is 11.6 Å². The van der Waals surface area contributed by atoms with Crippen LogP contribution in [-0.4, -0.2) is 67.7 Å². The summed E-state index contributed by atoms with van der Waals surface area (Å²) in [6.07, 6.45) is 1.52. The van der Waals surface area contributed by atoms with Crippen LogP contribution >= 0.6 is 0 Å². The van der Waals surface area contributed by atoms with E-state index in [4.69, 9.17) is 4.74 Å². The van der Waals surface area contributed by atoms with Crippen molar-refractivity contribution in [2.75, 3.05) is 56.2 Å². The lowest BCUT2D eigenvalue weighted by Crippen LogP contribution is -2.38. The Hall–Kier alpha value is -3.20. The highest BCUT2D eigenvalue weighted by molar-refractivity contribution is 5.96. The highest BCUT2D eigenvalue weighted by Crippen LogP contribution is 2.15. The maximum absolute atomic E-state index is 11.9. The summed E-state index contributed by atoms with van der Waals surface area (Å²) in [7, 11) is 0. The van der Waals surface area contributed by atoms with Crippen LogP contribution in [0.15, 0.2) is 42.7 Å². The first-order valence-corrected chi connectivity index (χ1v) is 9.21. The van der Waals surface area contributed by atoms with Crippen LogP contribution in [0.1, 0.15) is 10.4 Å². The predicted molar refractivity (Wildman–Crippen MR) is 105 cm³/mol. The van der Waals surface area contributed by atoms with E-state index in [9.17, 15) is 9.59 Å². The molecule has 1 fully saturated rings. The van der Waals surface area contributed by atoms with Gasteiger partial charge in [0, 0.05) is 37.8 Å². The number of hydrogen-bond donors (Lipinski definition) is 3. The number of amides is 2. The molecular formula is C19H24N6O3. The smallest absolute Gasteiger partial charge is 0.251 e. The number of nitrogens with one attached hydrogen (secondary N) is 3. The fourth-order valence-electron chi connectivity index (χ4n) is 2.72. The van der Waals surface area contributed by atoms with E-state index in [1.54, 1.807) is 24.3 Å². The topological polar surface area (TPSA) is 108 Å². The molecule has 28 heavy (non-hydrogen) atoms. The first-order chi connectivity index (χ1) is 13.7. The number of anilines is 2. The minimum Gasteiger partial charge on any atom is -0.378 e. The molecule has 1 aromatic heterocycles. The molecule has 0 aliphatic carbocycles. The molecule has 2 amide bonds. The second-order valence-corrected chi connectivity index (χ2v) is 6.19. The first-order valence-electron chi connectivity index (χ1n) is 9.21. The normalized spacial score (nSPS) is 13.6. The molecule has 0 bridgehead atoms. The van der Waals surface area contributed by atoms with Gasteiger partial charge in [0.1, 0.15) is 18.0 Å². The molecule has 3 N–H and O–H groups in total. The lowest BCUT2D eigenvalue weighted by Gasteiger charge is -2.27. The molecule has 2 heterocycles. The summed E-state index contributed by atoms with van der Waals surface area (Å²) in [5, 5.41) is 8.50. The molecule has 0 spiro atoms. The van der Waals surface area contributed by atoms with Crippen molar-refractivity contribution in [3.8, 4) is 0 Å². The van der Waals surface area contributed by atoms with Crippen LogP contribution in [0.2, 0.25) is 0 Å². The highest BCUT2D eigenvalue weighted by atomic mass is 16.5. The summed E-state index contributed by atoms with van der Waals surface area (Å²) in [6, 6.07) is 10.7. The van der Waals surface area contributed by atoms with Crippen molar-refractivity contribution < 1.29 is 14.3 Å². The standard InChI is InChI=1S/C19H24N6O3/c26-18(13-22-19(27)15-4-2-1-3-5-15)21-7-6-20-16-12-17(24-14-23-16)25-8-10-28-11-9-25/h1-5,12,14H,6-11,13H2,(H,21,26)(H,22,27)(H,20,23,24). The van der Waals surface area contributed by atoms with Crippen LogP contribution < -0.4 is 20.9 Å². The van der Waals surface area contributed by atoms with E-state index in [-0.39, 0.29) is 18.4 Å². The van der Waals surface area contributed by atoms with Gasteiger partial charge in [-0.3, -0.25) is 9.59 Å². The Morgan fingerprint density at radius 3 is 2.61 bits per heavy atom. The Kier molecular flexibility index (Phi) is 7.14. The van der Waals surface area contributed by atoms with E-state index in [0.29, 0.717) is 37.7 Å². The number of nitrogens with zero attached hydrogens (tertiary/aromatic N) is 3. The fraction of sp³-hybridized carbons (Fsp3) is 0.368. The molecule has 1 aromatic carbocycles. The highest BCUT2D eigenvalue weighted by Gasteiger charge is 2.13. The quantitative estimate of drug-likeness (QED) is 0.561. The minimum absolute atomic E-state index is 0.0670. The number of carbonyl (C=O) groups is 2. The number of rotatable bonds is 8. The van der Waals surface area contributed by atoms with Gasteiger partial charge in [0.15, 0.2) is 0 Å². The van der Waals surface area contributed by atoms with E-state index in [1.807, 2.05) is 12.1 Å². The average Bonchev–Trinajstić information content (AvgIpc) is 2.76. The van der Waals surface area contributed by atoms with Crippen molar-refractivity contribution in [1.29, 1.82) is 0 Å². The van der Waals surface area contributed by atoms with Crippen LogP contribution in [0.5, 0.6) is 0 Å². The number of aromatic nitrogens is 2. The van der Waals surface area contributed by atoms with E-state index in [2.05, 4.69) is 30.8 Å². The number of benzene rings is 1. The first kappa shape index (κ1) is 19.6. The van der Waals surface area contributed by atoms with Crippen molar-refractivity contribution in [2.24, 2.45) is 0 Å². The van der Waals surface area contributed by atoms with Gasteiger partial charge in [0.25, 0.3) is 5.91 Å². The zero-order chi connectivity index (χ0) is 19.6. The molecular weight excluding hydrogens is 360 g/mol. The van der Waals surface area contributed by atoms with Gasteiger partial charge in [0.2, 0.25) is 5.91 Å². The molecule has 9 nitrogen and oxygen atoms in total. The van der Waals surface area contributed by atoms with E-state index in [1.165, 1.54) is 6.33 Å². The molecule has 3 rings (SSSR count). The lowest BCUT2D eigenvalue weighted by atomic mass is 10.2. The molecule has 148 valence electrons. The fourth-order valence-corrected chi connectivity index (χ4v) is 2.72. The van der Waals surface area contributed by atoms with Crippen molar-refractivity contribution in [2.45, 2.75) is 0 Å². The summed E-state index contributed by atoms with van der Waals surface area (Å²) in [4.78, 5) is 34.4. The number of ether oxygens (including phenoxy) is 1. The molecule has 0 radical (unpaired) electrons. The zero-order valence-corrected chi connectivity index (χ0v) is 15.6. The van der Waals surface area contributed by atoms with Gasteiger partial charge in [-0.05, 0) is 12.1 Å². The zero-order valence-electron chi connectivity index (χ0n) is 15.6. The second-order valence-electron chi connectivity index (χ2n) is 6.19. The Morgan fingerprint density at radius 2 is 1.82 bits per heavy atom. The maximum Gasteiger partial charge on any atom is 0.251 e. The summed E-state index contributed by atoms with van der Waals surface area (Å²) < 4.78 is 5.35. The Bertz CT molecular complexity index is 780. The van der Waals surface area contributed by atoms with Crippen molar-refractivity contribution in [1.82, 2.24) is 20.6 Å². The molecule has 1 aliphatic rings. The van der Waals surface area contributed by atoms with Gasteiger partial charge < -0.3 is 25.6 Å². The maximum atomic E-state index is 11.9. The third-order valence-electron chi connectivity index (χ3n) is 4.19. The molecule has 2 aromatic rings. The molecule has 0 saturated carbocycles. The average molecular weight is 384 g/mol. The number of morpholine rings is 1. The minimum atomic E-state index is -0.273. The third-order valence-corrected chi connectivity index (χ3v) is 4.19. The van der Waals surface area contributed by atoms with Crippen LogP contribution in [-0.2, 0) is 9.53 Å². The van der Waals surface area contributed by atoms with Gasteiger partial charge in [-0.1, -0.05) is 18.2 Å². The summed E-state index contributed by atoms with van der Waals surface area (Å²) in [5.74, 6) is 1.03. The molecule has 1 saturated heterocycles. The largest absolute Gasteiger partial charge is 0.378 e. The van der Waals surface area contributed by atoms with Crippen LogP contribution in [0, 0.1) is 0 Å². The number of carbonyl (C=O) groups excluding carboxylic acids is 2. The van der Waals surface area contributed by atoms with Gasteiger partial charge in [-0.2, -0.15) is 0 Å². The van der Waals surface area contributed by atoms with Gasteiger partial charge in [0.05, 0.1) is 19.8 Å². The van der Waals surface area contributed by atoms with E-state index >= 15 is 0 Å². The summed E-state index contributed by atoms with van der Waals surface area (Å²) >= 11 is 0. The Morgan fingerprint density at radius 1 is 1.04 bits per heavy atom. The van der Waals surface area contributed by atoms with Gasteiger partial charge in [-0.25, -0.2) is 9.97 Å². The van der Waals surface area contributed by atoms with Crippen molar-refractivity contribution in [3.05, 3.63) is 48.3 Å². The van der Waals surface area contributed by atoms with Crippen molar-refractivity contribution in [3.63, 3.8) is 0 Å². The number of hydrogen-bond acceptors (Lipinski definition) is 7. The second kappa shape index (κ2) is 10.2.